The van der Waals surface area contributed by atoms with E-state index in [1.807, 2.05) is 31.4 Å². The Kier molecular flexibility index (Phi) is 5.94. The maximum absolute atomic E-state index is 11.6. The Hall–Kier alpha value is -3.66. The number of nitrogens with zero attached hydrogens (tertiary/aromatic N) is 6. The molecule has 0 spiro atoms. The summed E-state index contributed by atoms with van der Waals surface area (Å²) < 4.78 is 7.01. The van der Waals surface area contributed by atoms with Gasteiger partial charge in [0.2, 0.25) is 0 Å². The fourth-order valence-corrected chi connectivity index (χ4v) is 4.03. The van der Waals surface area contributed by atoms with Gasteiger partial charge >= 0.3 is 5.69 Å². The number of hydrogen-bond donors (Lipinski definition) is 1. The normalized spacial score (nSPS) is 14.5. The Balaban J connectivity index is 1.63. The van der Waals surface area contributed by atoms with Crippen LogP contribution in [0.5, 0.6) is 5.75 Å². The Morgan fingerprint density at radius 2 is 1.85 bits per heavy atom. The van der Waals surface area contributed by atoms with Crippen LogP contribution >= 0.6 is 0 Å². The van der Waals surface area contributed by atoms with E-state index in [0.29, 0.717) is 31.9 Å². The quantitative estimate of drug-likeness (QED) is 0.449. The zero-order valence-corrected chi connectivity index (χ0v) is 19.2. The predicted molar refractivity (Wildman–Crippen MR) is 126 cm³/mol. The third-order valence-electron chi connectivity index (χ3n) is 5.82. The molecule has 1 aliphatic heterocycles. The molecule has 3 heterocycles. The van der Waals surface area contributed by atoms with Crippen molar-refractivity contribution in [1.29, 1.82) is 0 Å². The first-order valence-corrected chi connectivity index (χ1v) is 10.7. The second kappa shape index (κ2) is 8.70. The van der Waals surface area contributed by atoms with Gasteiger partial charge in [-0.1, -0.05) is 6.07 Å². The van der Waals surface area contributed by atoms with Crippen LogP contribution in [0, 0.1) is 10.1 Å². The number of ether oxygens (including phenoxy) is 1. The van der Waals surface area contributed by atoms with Crippen molar-refractivity contribution in [3.63, 3.8) is 0 Å². The monoisotopic (exact) mass is 452 g/mol. The number of anilines is 2. The van der Waals surface area contributed by atoms with Crippen LogP contribution in [0.15, 0.2) is 42.7 Å². The van der Waals surface area contributed by atoms with Crippen molar-refractivity contribution >= 4 is 17.2 Å². The predicted octanol–water partition coefficient (Wildman–Crippen LogP) is 2.95. The number of aromatic nitrogens is 3. The van der Waals surface area contributed by atoms with Gasteiger partial charge in [0.1, 0.15) is 11.4 Å². The summed E-state index contributed by atoms with van der Waals surface area (Å²) in [6.45, 7) is 6.27. The number of pyridine rings is 1. The van der Waals surface area contributed by atoms with Crippen LogP contribution in [0.3, 0.4) is 0 Å². The summed E-state index contributed by atoms with van der Waals surface area (Å²) in [5, 5.41) is 26.1. The fraction of sp³-hybridized carbons (Fsp3) is 0.391. The standard InChI is InChI=1S/C23H28N6O4/c1-23(2,30)21-6-5-7-22(25-21)28-10-8-27(9-11-28)18-13-20(33-4)19(29(31)32)12-17(18)16-14-24-26(3)15-16/h5-7,12-15,30H,8-11H2,1-4H3. The lowest BCUT2D eigenvalue weighted by atomic mass is 10.0. The Labute approximate surface area is 192 Å². The van der Waals surface area contributed by atoms with E-state index in [-0.39, 0.29) is 11.4 Å². The summed E-state index contributed by atoms with van der Waals surface area (Å²) in [6.07, 6.45) is 3.55. The lowest BCUT2D eigenvalue weighted by Crippen LogP contribution is -2.47. The molecule has 0 aliphatic carbocycles. The van der Waals surface area contributed by atoms with Gasteiger partial charge in [0, 0.05) is 68.4 Å². The van der Waals surface area contributed by atoms with Crippen LogP contribution in [-0.4, -0.2) is 58.1 Å². The number of benzene rings is 1. The molecule has 0 atom stereocenters. The molecule has 0 saturated carbocycles. The van der Waals surface area contributed by atoms with Crippen molar-refractivity contribution in [3.8, 4) is 16.9 Å². The molecule has 0 unspecified atom stereocenters. The molecular formula is C23H28N6O4. The maximum Gasteiger partial charge on any atom is 0.311 e. The zero-order valence-electron chi connectivity index (χ0n) is 19.2. The van der Waals surface area contributed by atoms with E-state index in [0.717, 1.165) is 22.6 Å². The molecule has 174 valence electrons. The minimum atomic E-state index is -1.01. The molecule has 1 aromatic carbocycles. The first kappa shape index (κ1) is 22.5. The van der Waals surface area contributed by atoms with E-state index in [9.17, 15) is 15.2 Å². The van der Waals surface area contributed by atoms with E-state index in [1.54, 1.807) is 36.9 Å². The van der Waals surface area contributed by atoms with E-state index in [2.05, 4.69) is 19.9 Å². The summed E-state index contributed by atoms with van der Waals surface area (Å²) in [5.74, 6) is 1.05. The largest absolute Gasteiger partial charge is 0.490 e. The maximum atomic E-state index is 11.6. The van der Waals surface area contributed by atoms with E-state index in [1.165, 1.54) is 7.11 Å². The van der Waals surface area contributed by atoms with E-state index in [4.69, 9.17) is 4.74 Å². The number of hydrogen-bond acceptors (Lipinski definition) is 8. The van der Waals surface area contributed by atoms with Gasteiger partial charge in [-0.15, -0.1) is 0 Å². The van der Waals surface area contributed by atoms with Gasteiger partial charge in [-0.2, -0.15) is 5.10 Å². The number of aliphatic hydroxyl groups is 1. The smallest absolute Gasteiger partial charge is 0.311 e. The molecule has 1 saturated heterocycles. The van der Waals surface area contributed by atoms with Crippen molar-refractivity contribution in [1.82, 2.24) is 14.8 Å². The van der Waals surface area contributed by atoms with Crippen LogP contribution in [0.4, 0.5) is 17.2 Å². The first-order chi connectivity index (χ1) is 15.7. The van der Waals surface area contributed by atoms with Crippen molar-refractivity contribution < 1.29 is 14.8 Å². The minimum absolute atomic E-state index is 0.0774. The van der Waals surface area contributed by atoms with Crippen LogP contribution < -0.4 is 14.5 Å². The average Bonchev–Trinajstić information content (AvgIpc) is 3.24. The Morgan fingerprint density at radius 1 is 1.15 bits per heavy atom. The first-order valence-electron chi connectivity index (χ1n) is 10.7. The van der Waals surface area contributed by atoms with Crippen molar-refractivity contribution in [3.05, 3.63) is 58.5 Å². The molecule has 0 amide bonds. The van der Waals surface area contributed by atoms with Crippen LogP contribution in [-0.2, 0) is 12.6 Å². The molecule has 0 bridgehead atoms. The molecule has 10 heteroatoms. The summed E-state index contributed by atoms with van der Waals surface area (Å²) in [4.78, 5) is 20.2. The number of piperazine rings is 1. The number of nitro benzene ring substituents is 1. The van der Waals surface area contributed by atoms with E-state index < -0.39 is 10.5 Å². The molecular weight excluding hydrogens is 424 g/mol. The molecule has 1 fully saturated rings. The molecule has 0 radical (unpaired) electrons. The zero-order chi connectivity index (χ0) is 23.8. The second-order valence-corrected chi connectivity index (χ2v) is 8.62. The van der Waals surface area contributed by atoms with Gasteiger partial charge in [0.25, 0.3) is 0 Å². The number of nitro groups is 1. The molecule has 10 nitrogen and oxygen atoms in total. The molecule has 2 aromatic heterocycles. The summed E-state index contributed by atoms with van der Waals surface area (Å²) in [7, 11) is 3.25. The fourth-order valence-electron chi connectivity index (χ4n) is 4.03. The van der Waals surface area contributed by atoms with Crippen LogP contribution in [0.25, 0.3) is 11.1 Å². The minimum Gasteiger partial charge on any atom is -0.490 e. The van der Waals surface area contributed by atoms with Crippen LogP contribution in [0.1, 0.15) is 19.5 Å². The second-order valence-electron chi connectivity index (χ2n) is 8.62. The van der Waals surface area contributed by atoms with E-state index >= 15 is 0 Å². The Bertz CT molecular complexity index is 1160. The van der Waals surface area contributed by atoms with Crippen molar-refractivity contribution in [2.75, 3.05) is 43.1 Å². The number of aryl methyl sites for hydroxylation is 1. The van der Waals surface area contributed by atoms with Gasteiger partial charge in [0.05, 0.1) is 23.9 Å². The third kappa shape index (κ3) is 4.61. The van der Waals surface area contributed by atoms with Gasteiger partial charge < -0.3 is 19.6 Å². The number of methoxy groups -OCH3 is 1. The lowest BCUT2D eigenvalue weighted by Gasteiger charge is -2.38. The van der Waals surface area contributed by atoms with Gasteiger partial charge in [0.15, 0.2) is 5.75 Å². The molecule has 4 rings (SSSR count). The highest BCUT2D eigenvalue weighted by Crippen LogP contribution is 2.40. The SMILES string of the molecule is COc1cc(N2CCN(c3cccc(C(C)(C)O)n3)CC2)c(-c2cnn(C)c2)cc1[N+](=O)[O-]. The van der Waals surface area contributed by atoms with Gasteiger partial charge in [-0.05, 0) is 26.0 Å². The number of rotatable bonds is 6. The molecule has 1 aliphatic rings. The third-order valence-corrected chi connectivity index (χ3v) is 5.82. The molecule has 3 aromatic rings. The van der Waals surface area contributed by atoms with Gasteiger partial charge in [-0.3, -0.25) is 14.8 Å². The van der Waals surface area contributed by atoms with Crippen LogP contribution in [0.2, 0.25) is 0 Å². The highest BCUT2D eigenvalue weighted by Gasteiger charge is 2.27. The lowest BCUT2D eigenvalue weighted by molar-refractivity contribution is -0.385. The highest BCUT2D eigenvalue weighted by molar-refractivity contribution is 5.82. The van der Waals surface area contributed by atoms with Crippen molar-refractivity contribution in [2.45, 2.75) is 19.4 Å². The molecule has 33 heavy (non-hydrogen) atoms. The Morgan fingerprint density at radius 3 is 2.42 bits per heavy atom. The summed E-state index contributed by atoms with van der Waals surface area (Å²) >= 11 is 0. The average molecular weight is 453 g/mol. The summed E-state index contributed by atoms with van der Waals surface area (Å²) in [6, 6.07) is 8.98. The molecule has 1 N–H and O–H groups in total. The van der Waals surface area contributed by atoms with Gasteiger partial charge in [-0.25, -0.2) is 4.98 Å². The van der Waals surface area contributed by atoms with Crippen molar-refractivity contribution in [2.24, 2.45) is 7.05 Å². The summed E-state index contributed by atoms with van der Waals surface area (Å²) in [5.41, 5.74) is 1.95. The topological polar surface area (TPSA) is 110 Å². The highest BCUT2D eigenvalue weighted by atomic mass is 16.6.